The average Bonchev–Trinajstić information content (AvgIpc) is 3.45. The van der Waals surface area contributed by atoms with Gasteiger partial charge < -0.3 is 14.8 Å². The Kier molecular flexibility index (Phi) is 5.55. The van der Waals surface area contributed by atoms with Crippen molar-refractivity contribution in [2.24, 2.45) is 7.05 Å². The number of hydrogen-bond acceptors (Lipinski definition) is 8. The number of aromatic nitrogens is 7. The molecule has 1 atom stereocenters. The number of nitrogens with one attached hydrogen (secondary N) is 1. The van der Waals surface area contributed by atoms with E-state index in [1.807, 2.05) is 53.9 Å². The summed E-state index contributed by atoms with van der Waals surface area (Å²) in [6.45, 7) is 1.68. The molecule has 1 aliphatic heterocycles. The quantitative estimate of drug-likeness (QED) is 0.385. The van der Waals surface area contributed by atoms with E-state index in [0.717, 1.165) is 34.9 Å². The Balaban J connectivity index is 1.26. The standard InChI is InChI=1S/C25H24N8O2/c1-32-21(8-11-27-32)29-25-26-10-7-20(28-25)19-13-22-30-31-24-18(9-12-35-23(14-19)33(22)24)16-34-15-17-5-3-2-4-6-17/h2-8,10-11,13-14,18H,9,12,15-16H2,1H3,(H,26,28,29)/t18-/m0/s1. The van der Waals surface area contributed by atoms with Crippen molar-refractivity contribution in [3.63, 3.8) is 0 Å². The van der Waals surface area contributed by atoms with E-state index in [0.29, 0.717) is 37.3 Å². The molecule has 1 aromatic carbocycles. The van der Waals surface area contributed by atoms with Gasteiger partial charge in [0.25, 0.3) is 0 Å². The molecule has 5 heterocycles. The second-order valence-corrected chi connectivity index (χ2v) is 8.40. The highest BCUT2D eigenvalue weighted by molar-refractivity contribution is 5.67. The fourth-order valence-corrected chi connectivity index (χ4v) is 4.20. The minimum absolute atomic E-state index is 0.0922. The number of benzene rings is 1. The molecule has 35 heavy (non-hydrogen) atoms. The lowest BCUT2D eigenvalue weighted by atomic mass is 10.1. The van der Waals surface area contributed by atoms with Crippen LogP contribution in [0, 0.1) is 0 Å². The molecule has 176 valence electrons. The third-order valence-electron chi connectivity index (χ3n) is 6.02. The van der Waals surface area contributed by atoms with Crippen LogP contribution in [0.5, 0.6) is 5.88 Å². The first-order valence-electron chi connectivity index (χ1n) is 11.5. The molecule has 0 unspecified atom stereocenters. The molecule has 0 saturated heterocycles. The third-order valence-corrected chi connectivity index (χ3v) is 6.02. The molecule has 0 amide bonds. The van der Waals surface area contributed by atoms with Gasteiger partial charge in [-0.1, -0.05) is 30.3 Å². The van der Waals surface area contributed by atoms with Gasteiger partial charge in [-0.25, -0.2) is 14.4 Å². The van der Waals surface area contributed by atoms with Crippen LogP contribution in [0.2, 0.25) is 0 Å². The van der Waals surface area contributed by atoms with Gasteiger partial charge in [-0.05, 0) is 24.1 Å². The Bertz CT molecular complexity index is 1460. The lowest BCUT2D eigenvalue weighted by molar-refractivity contribution is 0.100. The Hall–Kier alpha value is -4.31. The largest absolute Gasteiger partial charge is 0.478 e. The summed E-state index contributed by atoms with van der Waals surface area (Å²) < 4.78 is 15.8. The van der Waals surface area contributed by atoms with Crippen LogP contribution < -0.4 is 10.1 Å². The number of nitrogens with zero attached hydrogens (tertiary/aromatic N) is 7. The molecule has 10 nitrogen and oxygen atoms in total. The van der Waals surface area contributed by atoms with Gasteiger partial charge in [0.1, 0.15) is 11.6 Å². The fraction of sp³-hybridized carbons (Fsp3) is 0.240. The molecule has 0 spiro atoms. The predicted octanol–water partition coefficient (Wildman–Crippen LogP) is 3.75. The highest BCUT2D eigenvalue weighted by Crippen LogP contribution is 2.32. The Morgan fingerprint density at radius 2 is 2.00 bits per heavy atom. The SMILES string of the molecule is Cn1nccc1Nc1nccc(-c2cc3n4c(nnc4c2)[C@H](COCc2ccccc2)CCO3)n1. The number of rotatable bonds is 7. The summed E-state index contributed by atoms with van der Waals surface area (Å²) in [4.78, 5) is 9.01. The summed E-state index contributed by atoms with van der Waals surface area (Å²) in [6.07, 6.45) is 4.24. The first-order chi connectivity index (χ1) is 17.2. The van der Waals surface area contributed by atoms with Gasteiger partial charge in [0, 0.05) is 36.9 Å². The van der Waals surface area contributed by atoms with E-state index in [4.69, 9.17) is 9.47 Å². The first kappa shape index (κ1) is 21.2. The van der Waals surface area contributed by atoms with Crippen LogP contribution in [-0.4, -0.2) is 47.6 Å². The molecule has 6 rings (SSSR count). The fourth-order valence-electron chi connectivity index (χ4n) is 4.20. The van der Waals surface area contributed by atoms with Gasteiger partial charge in [0.05, 0.1) is 31.7 Å². The predicted molar refractivity (Wildman–Crippen MR) is 129 cm³/mol. The third kappa shape index (κ3) is 4.31. The maximum absolute atomic E-state index is 6.12. The number of ether oxygens (including phenoxy) is 2. The molecule has 0 radical (unpaired) electrons. The van der Waals surface area contributed by atoms with E-state index < -0.39 is 0 Å². The molecular formula is C25H24N8O2. The van der Waals surface area contributed by atoms with Gasteiger partial charge in [-0.3, -0.25) is 4.68 Å². The van der Waals surface area contributed by atoms with E-state index in [2.05, 4.69) is 42.7 Å². The molecule has 0 bridgehead atoms. The summed E-state index contributed by atoms with van der Waals surface area (Å²) in [7, 11) is 1.86. The second-order valence-electron chi connectivity index (χ2n) is 8.40. The minimum atomic E-state index is 0.0922. The van der Waals surface area contributed by atoms with Crippen LogP contribution >= 0.6 is 0 Å². The maximum Gasteiger partial charge on any atom is 0.228 e. The normalized spacial score (nSPS) is 15.1. The monoisotopic (exact) mass is 468 g/mol. The zero-order valence-corrected chi connectivity index (χ0v) is 19.2. The molecule has 0 saturated carbocycles. The van der Waals surface area contributed by atoms with Crippen molar-refractivity contribution in [2.75, 3.05) is 18.5 Å². The summed E-state index contributed by atoms with van der Waals surface area (Å²) in [6, 6.07) is 17.8. The highest BCUT2D eigenvalue weighted by atomic mass is 16.5. The van der Waals surface area contributed by atoms with Crippen molar-refractivity contribution in [1.29, 1.82) is 0 Å². The van der Waals surface area contributed by atoms with Gasteiger partial charge in [-0.2, -0.15) is 5.10 Å². The Morgan fingerprint density at radius 1 is 1.09 bits per heavy atom. The minimum Gasteiger partial charge on any atom is -0.478 e. The van der Waals surface area contributed by atoms with E-state index in [-0.39, 0.29) is 5.92 Å². The van der Waals surface area contributed by atoms with Crippen LogP contribution in [0.4, 0.5) is 11.8 Å². The first-order valence-corrected chi connectivity index (χ1v) is 11.5. The second kappa shape index (κ2) is 9.15. The molecular weight excluding hydrogens is 444 g/mol. The number of aryl methyl sites for hydroxylation is 1. The van der Waals surface area contributed by atoms with Crippen LogP contribution in [-0.2, 0) is 18.4 Å². The summed E-state index contributed by atoms with van der Waals surface area (Å²) in [5.41, 5.74) is 3.49. The van der Waals surface area contributed by atoms with Crippen LogP contribution in [0.3, 0.4) is 0 Å². The maximum atomic E-state index is 6.12. The molecule has 5 aromatic rings. The zero-order chi connectivity index (χ0) is 23.6. The van der Waals surface area contributed by atoms with E-state index in [1.165, 1.54) is 0 Å². The Morgan fingerprint density at radius 3 is 2.86 bits per heavy atom. The van der Waals surface area contributed by atoms with E-state index in [9.17, 15) is 0 Å². The van der Waals surface area contributed by atoms with Crippen molar-refractivity contribution < 1.29 is 9.47 Å². The number of pyridine rings is 1. The number of hydrogen-bond donors (Lipinski definition) is 1. The summed E-state index contributed by atoms with van der Waals surface area (Å²) in [5, 5.41) is 16.3. The lowest BCUT2D eigenvalue weighted by Gasteiger charge is -2.12. The summed E-state index contributed by atoms with van der Waals surface area (Å²) >= 11 is 0. The van der Waals surface area contributed by atoms with Gasteiger partial charge in [0.15, 0.2) is 5.65 Å². The summed E-state index contributed by atoms with van der Waals surface area (Å²) in [5.74, 6) is 2.93. The van der Waals surface area contributed by atoms with Crippen molar-refractivity contribution in [1.82, 2.24) is 34.3 Å². The Labute approximate surface area is 201 Å². The molecule has 1 N–H and O–H groups in total. The van der Waals surface area contributed by atoms with Gasteiger partial charge >= 0.3 is 0 Å². The van der Waals surface area contributed by atoms with Gasteiger partial charge in [-0.15, -0.1) is 10.2 Å². The smallest absolute Gasteiger partial charge is 0.228 e. The van der Waals surface area contributed by atoms with Crippen LogP contribution in [0.15, 0.2) is 67.0 Å². The van der Waals surface area contributed by atoms with E-state index >= 15 is 0 Å². The molecule has 1 aliphatic rings. The zero-order valence-electron chi connectivity index (χ0n) is 19.2. The molecule has 4 aromatic heterocycles. The molecule has 0 fully saturated rings. The molecule has 10 heteroatoms. The van der Waals surface area contributed by atoms with E-state index in [1.54, 1.807) is 17.1 Å². The van der Waals surface area contributed by atoms with Crippen molar-refractivity contribution in [3.8, 4) is 17.1 Å². The van der Waals surface area contributed by atoms with Crippen molar-refractivity contribution >= 4 is 17.4 Å². The molecule has 0 aliphatic carbocycles. The van der Waals surface area contributed by atoms with Gasteiger partial charge in [0.2, 0.25) is 11.8 Å². The number of anilines is 2. The van der Waals surface area contributed by atoms with Crippen molar-refractivity contribution in [2.45, 2.75) is 18.9 Å². The lowest BCUT2D eigenvalue weighted by Crippen LogP contribution is -2.12. The van der Waals surface area contributed by atoms with Crippen molar-refractivity contribution in [3.05, 3.63) is 78.4 Å². The average molecular weight is 469 g/mol. The highest BCUT2D eigenvalue weighted by Gasteiger charge is 2.25. The van der Waals surface area contributed by atoms with Crippen LogP contribution in [0.1, 0.15) is 23.7 Å². The topological polar surface area (TPSA) is 104 Å². The van der Waals surface area contributed by atoms with Crippen LogP contribution in [0.25, 0.3) is 16.9 Å².